The summed E-state index contributed by atoms with van der Waals surface area (Å²) in [4.78, 5) is 36.8. The van der Waals surface area contributed by atoms with E-state index in [9.17, 15) is 9.59 Å². The van der Waals surface area contributed by atoms with Gasteiger partial charge in [0.25, 0.3) is 5.91 Å². The third-order valence-electron chi connectivity index (χ3n) is 5.64. The van der Waals surface area contributed by atoms with Gasteiger partial charge in [-0.25, -0.2) is 4.98 Å². The summed E-state index contributed by atoms with van der Waals surface area (Å²) in [6.45, 7) is 5.78. The normalized spacial score (nSPS) is 13.8. The Kier molecular flexibility index (Phi) is 7.41. The molecule has 10 heteroatoms. The van der Waals surface area contributed by atoms with Gasteiger partial charge >= 0.3 is 0 Å². The van der Waals surface area contributed by atoms with E-state index in [1.807, 2.05) is 24.3 Å². The van der Waals surface area contributed by atoms with Crippen LogP contribution < -0.4 is 26.0 Å². The summed E-state index contributed by atoms with van der Waals surface area (Å²) in [5.74, 6) is 0.0218. The van der Waals surface area contributed by atoms with E-state index in [0.717, 1.165) is 37.6 Å². The highest BCUT2D eigenvalue weighted by atomic mass is 16.5. The molecule has 0 spiro atoms. The number of aromatic nitrogens is 2. The van der Waals surface area contributed by atoms with Crippen molar-refractivity contribution in [2.75, 3.05) is 48.8 Å². The van der Waals surface area contributed by atoms with Crippen LogP contribution in [-0.4, -0.2) is 59.9 Å². The number of carbonyl (C=O) groups is 2. The average molecular weight is 476 g/mol. The van der Waals surface area contributed by atoms with Gasteiger partial charge in [-0.15, -0.1) is 0 Å². The Labute approximate surface area is 204 Å². The Morgan fingerprint density at radius 2 is 1.80 bits per heavy atom. The van der Waals surface area contributed by atoms with Crippen molar-refractivity contribution in [3.8, 4) is 11.6 Å². The number of carbonyl (C=O) groups excluding carboxylic acids is 2. The van der Waals surface area contributed by atoms with Gasteiger partial charge in [0.1, 0.15) is 5.75 Å². The largest absolute Gasteiger partial charge is 0.437 e. The predicted octanol–water partition coefficient (Wildman–Crippen LogP) is 3.21. The van der Waals surface area contributed by atoms with Crippen molar-refractivity contribution in [3.63, 3.8) is 0 Å². The fourth-order valence-electron chi connectivity index (χ4n) is 3.65. The highest BCUT2D eigenvalue weighted by Crippen LogP contribution is 2.27. The maximum atomic E-state index is 11.9. The van der Waals surface area contributed by atoms with Crippen molar-refractivity contribution in [2.24, 2.45) is 5.73 Å². The zero-order chi connectivity index (χ0) is 24.8. The van der Waals surface area contributed by atoms with Crippen molar-refractivity contribution < 1.29 is 14.3 Å². The maximum absolute atomic E-state index is 11.9. The van der Waals surface area contributed by atoms with E-state index in [2.05, 4.69) is 37.4 Å². The monoisotopic (exact) mass is 475 g/mol. The Hall–Kier alpha value is -4.18. The van der Waals surface area contributed by atoms with Crippen molar-refractivity contribution in [1.82, 2.24) is 14.9 Å². The van der Waals surface area contributed by atoms with Gasteiger partial charge in [0.2, 0.25) is 11.8 Å². The molecule has 0 atom stereocenters. The first-order chi connectivity index (χ1) is 16.9. The summed E-state index contributed by atoms with van der Waals surface area (Å²) in [5.41, 5.74) is 7.99. The number of nitrogens with two attached hydrogens (primary N) is 1. The number of benzene rings is 2. The molecule has 3 aromatic rings. The van der Waals surface area contributed by atoms with Crippen LogP contribution in [-0.2, 0) is 4.79 Å². The first-order valence-electron chi connectivity index (χ1n) is 11.5. The maximum Gasteiger partial charge on any atom is 0.271 e. The zero-order valence-electron chi connectivity index (χ0n) is 19.8. The van der Waals surface area contributed by atoms with E-state index in [1.54, 1.807) is 31.2 Å². The molecule has 182 valence electrons. The van der Waals surface area contributed by atoms with Crippen LogP contribution in [0.1, 0.15) is 23.8 Å². The molecule has 10 nitrogen and oxygen atoms in total. The second kappa shape index (κ2) is 10.8. The Morgan fingerprint density at radius 3 is 2.49 bits per heavy atom. The number of nitrogens with one attached hydrogen (secondary N) is 2. The Bertz CT molecular complexity index is 1190. The number of likely N-dealkylation sites (N-methyl/N-ethyl adjacent to an activating group) is 1. The molecule has 1 aromatic heterocycles. The van der Waals surface area contributed by atoms with E-state index in [1.165, 1.54) is 6.20 Å². The highest BCUT2D eigenvalue weighted by molar-refractivity contribution is 5.96. The van der Waals surface area contributed by atoms with Crippen LogP contribution in [0.5, 0.6) is 11.6 Å². The van der Waals surface area contributed by atoms with Crippen molar-refractivity contribution in [1.29, 1.82) is 0 Å². The molecule has 1 aliphatic rings. The fraction of sp³-hybridized carbons (Fsp3) is 0.280. The van der Waals surface area contributed by atoms with E-state index >= 15 is 0 Å². The molecular weight excluding hydrogens is 446 g/mol. The van der Waals surface area contributed by atoms with Gasteiger partial charge in [0.05, 0.1) is 6.20 Å². The van der Waals surface area contributed by atoms with Crippen molar-refractivity contribution in [3.05, 3.63) is 60.4 Å². The lowest BCUT2D eigenvalue weighted by Crippen LogP contribution is -2.44. The second-order valence-corrected chi connectivity index (χ2v) is 8.26. The molecule has 2 amide bonds. The van der Waals surface area contributed by atoms with Crippen LogP contribution in [0.25, 0.3) is 0 Å². The van der Waals surface area contributed by atoms with Gasteiger partial charge in [0, 0.05) is 55.7 Å². The highest BCUT2D eigenvalue weighted by Gasteiger charge is 2.16. The minimum absolute atomic E-state index is 0.00412. The van der Waals surface area contributed by atoms with Crippen LogP contribution in [0.2, 0.25) is 0 Å². The quantitative estimate of drug-likeness (QED) is 0.453. The summed E-state index contributed by atoms with van der Waals surface area (Å²) in [6, 6.07) is 14.8. The molecule has 2 aromatic carbocycles. The van der Waals surface area contributed by atoms with Gasteiger partial charge in [-0.3, -0.25) is 9.59 Å². The summed E-state index contributed by atoms with van der Waals surface area (Å²) in [7, 11) is 2.13. The Balaban J connectivity index is 1.50. The van der Waals surface area contributed by atoms with E-state index in [0.29, 0.717) is 17.9 Å². The summed E-state index contributed by atoms with van der Waals surface area (Å²) >= 11 is 0. The van der Waals surface area contributed by atoms with Crippen LogP contribution >= 0.6 is 0 Å². The first-order valence-corrected chi connectivity index (χ1v) is 11.5. The van der Waals surface area contributed by atoms with Crippen molar-refractivity contribution >= 4 is 34.7 Å². The summed E-state index contributed by atoms with van der Waals surface area (Å²) in [5, 5.41) is 5.91. The Morgan fingerprint density at radius 1 is 1.06 bits per heavy atom. The number of amides is 2. The van der Waals surface area contributed by atoms with E-state index in [4.69, 9.17) is 10.5 Å². The lowest BCUT2D eigenvalue weighted by molar-refractivity contribution is -0.115. The number of rotatable bonds is 8. The topological polar surface area (TPSA) is 126 Å². The minimum atomic E-state index is -0.704. The molecule has 1 saturated heterocycles. The minimum Gasteiger partial charge on any atom is -0.437 e. The first kappa shape index (κ1) is 24.0. The third kappa shape index (κ3) is 6.24. The second-order valence-electron chi connectivity index (χ2n) is 8.26. The molecule has 2 heterocycles. The third-order valence-corrected chi connectivity index (χ3v) is 5.64. The number of hydrogen-bond acceptors (Lipinski definition) is 8. The standard InChI is InChI=1S/C25H29N7O3/c1-3-21(33)28-18-5-4-6-20(15-18)35-22-16-27-23(24(26)34)25(30-22)29-17-7-9-19(10-8-17)32-13-11-31(2)12-14-32/h4-10,15-16H,3,11-14H2,1-2H3,(H2,26,34)(H,28,33)(H,29,30). The summed E-state index contributed by atoms with van der Waals surface area (Å²) in [6.07, 6.45) is 1.70. The number of anilines is 4. The molecule has 1 aliphatic heterocycles. The van der Waals surface area contributed by atoms with Crippen LogP contribution in [0.15, 0.2) is 54.7 Å². The molecule has 0 saturated carbocycles. The molecule has 1 fully saturated rings. The van der Waals surface area contributed by atoms with Crippen molar-refractivity contribution in [2.45, 2.75) is 13.3 Å². The number of nitrogens with zero attached hydrogens (tertiary/aromatic N) is 4. The number of primary amides is 1. The molecule has 0 aliphatic carbocycles. The van der Waals surface area contributed by atoms with Gasteiger partial charge in [0.15, 0.2) is 11.5 Å². The zero-order valence-corrected chi connectivity index (χ0v) is 19.8. The van der Waals surface area contributed by atoms with Gasteiger partial charge in [-0.2, -0.15) is 4.98 Å². The van der Waals surface area contributed by atoms with E-state index in [-0.39, 0.29) is 23.3 Å². The lowest BCUT2D eigenvalue weighted by Gasteiger charge is -2.34. The smallest absolute Gasteiger partial charge is 0.271 e. The molecular formula is C25H29N7O3. The molecule has 0 radical (unpaired) electrons. The molecule has 0 unspecified atom stereocenters. The molecule has 0 bridgehead atoms. The molecule has 4 N–H and O–H groups in total. The van der Waals surface area contributed by atoms with Gasteiger partial charge < -0.3 is 30.9 Å². The summed E-state index contributed by atoms with van der Waals surface area (Å²) < 4.78 is 5.83. The lowest BCUT2D eigenvalue weighted by atomic mass is 10.2. The fourth-order valence-corrected chi connectivity index (χ4v) is 3.65. The predicted molar refractivity (Wildman–Crippen MR) is 135 cm³/mol. The van der Waals surface area contributed by atoms with Crippen LogP contribution in [0.3, 0.4) is 0 Å². The molecule has 4 rings (SSSR count). The van der Waals surface area contributed by atoms with Crippen LogP contribution in [0, 0.1) is 0 Å². The van der Waals surface area contributed by atoms with Crippen LogP contribution in [0.4, 0.5) is 22.9 Å². The number of piperazine rings is 1. The van der Waals surface area contributed by atoms with Gasteiger partial charge in [-0.1, -0.05) is 13.0 Å². The molecule has 35 heavy (non-hydrogen) atoms. The average Bonchev–Trinajstić information content (AvgIpc) is 2.85. The number of ether oxygens (including phenoxy) is 1. The number of hydrogen-bond donors (Lipinski definition) is 3. The van der Waals surface area contributed by atoms with E-state index < -0.39 is 5.91 Å². The SMILES string of the molecule is CCC(=O)Nc1cccc(Oc2cnc(C(N)=O)c(Nc3ccc(N4CCN(C)CC4)cc3)n2)c1. The van der Waals surface area contributed by atoms with Gasteiger partial charge in [-0.05, 0) is 43.4 Å².